The van der Waals surface area contributed by atoms with E-state index in [9.17, 15) is 0 Å². The van der Waals surface area contributed by atoms with Crippen molar-refractivity contribution in [2.45, 2.75) is 6.92 Å². The Balaban J connectivity index is 2.67. The third-order valence-corrected chi connectivity index (χ3v) is 2.27. The average Bonchev–Trinajstić information content (AvgIpc) is 2.42. The smallest absolute Gasteiger partial charge is 0.0111 e. The van der Waals surface area contributed by atoms with Crippen molar-refractivity contribution >= 4 is 16.3 Å². The van der Waals surface area contributed by atoms with Gasteiger partial charge in [-0.1, -0.05) is 24.3 Å². The molecule has 0 unspecified atom stereocenters. The Morgan fingerprint density at radius 1 is 1.23 bits per heavy atom. The Kier molecular flexibility index (Phi) is 1.73. The van der Waals surface area contributed by atoms with E-state index in [-0.39, 0.29) is 0 Å². The van der Waals surface area contributed by atoms with Crippen molar-refractivity contribution in [3.8, 4) is 0 Å². The van der Waals surface area contributed by atoms with E-state index in [1.54, 1.807) is 0 Å². The van der Waals surface area contributed by atoms with Gasteiger partial charge in [0.1, 0.15) is 0 Å². The highest BCUT2D eigenvalue weighted by molar-refractivity contribution is 5.85. The van der Waals surface area contributed by atoms with Crippen molar-refractivity contribution in [1.82, 2.24) is 4.57 Å². The Bertz CT molecular complexity index is 463. The molecule has 0 radical (unpaired) electrons. The molecule has 13 heavy (non-hydrogen) atoms. The third-order valence-electron chi connectivity index (χ3n) is 2.27. The fraction of sp³-hybridized carbons (Fsp3) is 0.167. The molecule has 0 aliphatic heterocycles. The molecule has 0 N–H and O–H groups in total. The summed E-state index contributed by atoms with van der Waals surface area (Å²) >= 11 is 0. The fourth-order valence-corrected chi connectivity index (χ4v) is 1.55. The second-order valence-electron chi connectivity index (χ2n) is 3.55. The molecule has 1 nitrogen and oxygen atoms in total. The van der Waals surface area contributed by atoms with Crippen molar-refractivity contribution in [3.63, 3.8) is 0 Å². The highest BCUT2D eigenvalue weighted by atomic mass is 14.9. The molecule has 2 aromatic rings. The Hall–Kier alpha value is -1.50. The number of fused-ring (bicyclic) bond motifs is 1. The van der Waals surface area contributed by atoms with Crippen LogP contribution in [-0.4, -0.2) is 4.57 Å². The second kappa shape index (κ2) is 2.77. The monoisotopic (exact) mass is 171 g/mol. The first-order valence-electron chi connectivity index (χ1n) is 4.38. The van der Waals surface area contributed by atoms with Crippen molar-refractivity contribution < 1.29 is 0 Å². The van der Waals surface area contributed by atoms with Gasteiger partial charge >= 0.3 is 0 Å². The van der Waals surface area contributed by atoms with Gasteiger partial charge in [-0.05, 0) is 29.3 Å². The Morgan fingerprint density at radius 2 is 1.92 bits per heavy atom. The molecular weight excluding hydrogens is 158 g/mol. The predicted octanol–water partition coefficient (Wildman–Crippen LogP) is 3.21. The number of rotatable bonds is 1. The van der Waals surface area contributed by atoms with Crippen molar-refractivity contribution in [3.05, 3.63) is 42.7 Å². The van der Waals surface area contributed by atoms with Gasteiger partial charge in [-0.2, -0.15) is 0 Å². The van der Waals surface area contributed by atoms with Gasteiger partial charge in [0.25, 0.3) is 0 Å². The lowest BCUT2D eigenvalue weighted by Crippen LogP contribution is -1.76. The molecule has 1 heterocycles. The van der Waals surface area contributed by atoms with Crippen LogP contribution in [-0.2, 0) is 7.05 Å². The molecule has 66 valence electrons. The van der Waals surface area contributed by atoms with Crippen molar-refractivity contribution in [2.75, 3.05) is 0 Å². The molecule has 0 aliphatic rings. The van der Waals surface area contributed by atoms with Gasteiger partial charge < -0.3 is 4.57 Å². The van der Waals surface area contributed by atoms with Gasteiger partial charge in [0.15, 0.2) is 0 Å². The van der Waals surface area contributed by atoms with Gasteiger partial charge in [-0.25, -0.2) is 0 Å². The largest absolute Gasteiger partial charge is 0.356 e. The highest BCUT2D eigenvalue weighted by Gasteiger charge is 1.98. The summed E-state index contributed by atoms with van der Waals surface area (Å²) in [6.07, 6.45) is 4.25. The maximum Gasteiger partial charge on any atom is 0.0111 e. The maximum atomic E-state index is 3.93. The van der Waals surface area contributed by atoms with Crippen LogP contribution in [0.5, 0.6) is 0 Å². The van der Waals surface area contributed by atoms with Crippen LogP contribution in [0.3, 0.4) is 0 Å². The fourth-order valence-electron chi connectivity index (χ4n) is 1.55. The summed E-state index contributed by atoms with van der Waals surface area (Å²) in [6, 6.07) is 6.43. The van der Waals surface area contributed by atoms with Crippen LogP contribution in [0.1, 0.15) is 12.5 Å². The van der Waals surface area contributed by atoms with E-state index in [2.05, 4.69) is 41.7 Å². The lowest BCUT2D eigenvalue weighted by atomic mass is 10.1. The first kappa shape index (κ1) is 8.11. The standard InChI is InChI=1S/C12H13N/c1-9(2)10-4-5-11-7-13(3)8-12(11)6-10/h4-8H,1H2,2-3H3. The van der Waals surface area contributed by atoms with Crippen LogP contribution in [0, 0.1) is 0 Å². The lowest BCUT2D eigenvalue weighted by molar-refractivity contribution is 0.933. The summed E-state index contributed by atoms with van der Waals surface area (Å²) in [5.41, 5.74) is 2.34. The molecule has 1 aromatic heterocycles. The third kappa shape index (κ3) is 1.37. The Morgan fingerprint density at radius 3 is 2.62 bits per heavy atom. The molecule has 0 saturated carbocycles. The molecule has 1 heteroatoms. The van der Waals surface area contributed by atoms with Gasteiger partial charge in [0.05, 0.1) is 0 Å². The molecule has 0 atom stereocenters. The van der Waals surface area contributed by atoms with Crippen molar-refractivity contribution in [2.24, 2.45) is 7.05 Å². The molecule has 0 saturated heterocycles. The predicted molar refractivity (Wildman–Crippen MR) is 57.6 cm³/mol. The van der Waals surface area contributed by atoms with Crippen LogP contribution in [0.15, 0.2) is 37.2 Å². The van der Waals surface area contributed by atoms with E-state index < -0.39 is 0 Å². The number of aromatic nitrogens is 1. The highest BCUT2D eigenvalue weighted by Crippen LogP contribution is 2.20. The maximum absolute atomic E-state index is 3.93. The summed E-state index contributed by atoms with van der Waals surface area (Å²) in [5, 5.41) is 2.57. The van der Waals surface area contributed by atoms with Gasteiger partial charge in [0, 0.05) is 19.4 Å². The summed E-state index contributed by atoms with van der Waals surface area (Å²) in [5.74, 6) is 0. The van der Waals surface area contributed by atoms with Gasteiger partial charge in [-0.3, -0.25) is 0 Å². The zero-order valence-corrected chi connectivity index (χ0v) is 8.04. The van der Waals surface area contributed by atoms with E-state index in [0.29, 0.717) is 0 Å². The molecule has 0 spiro atoms. The minimum Gasteiger partial charge on any atom is -0.356 e. The van der Waals surface area contributed by atoms with Crippen LogP contribution in [0.2, 0.25) is 0 Å². The van der Waals surface area contributed by atoms with E-state index in [4.69, 9.17) is 0 Å². The summed E-state index contributed by atoms with van der Waals surface area (Å²) in [7, 11) is 2.04. The summed E-state index contributed by atoms with van der Waals surface area (Å²) in [6.45, 7) is 5.96. The summed E-state index contributed by atoms with van der Waals surface area (Å²) < 4.78 is 2.08. The van der Waals surface area contributed by atoms with E-state index >= 15 is 0 Å². The molecular formula is C12H13N. The van der Waals surface area contributed by atoms with Crippen LogP contribution in [0.4, 0.5) is 0 Å². The molecule has 0 fully saturated rings. The minimum absolute atomic E-state index is 1.12. The van der Waals surface area contributed by atoms with Crippen LogP contribution >= 0.6 is 0 Å². The number of hydrogen-bond donors (Lipinski definition) is 0. The zero-order valence-electron chi connectivity index (χ0n) is 8.04. The molecule has 1 aromatic carbocycles. The first-order chi connectivity index (χ1) is 6.16. The van der Waals surface area contributed by atoms with Gasteiger partial charge in [-0.15, -0.1) is 0 Å². The van der Waals surface area contributed by atoms with E-state index in [1.165, 1.54) is 16.3 Å². The molecule has 0 amide bonds. The first-order valence-corrected chi connectivity index (χ1v) is 4.38. The van der Waals surface area contributed by atoms with Gasteiger partial charge in [0.2, 0.25) is 0 Å². The number of aryl methyl sites for hydroxylation is 1. The van der Waals surface area contributed by atoms with E-state index in [0.717, 1.165) is 5.57 Å². The quantitative estimate of drug-likeness (QED) is 0.621. The summed E-state index contributed by atoms with van der Waals surface area (Å²) in [4.78, 5) is 0. The average molecular weight is 171 g/mol. The number of allylic oxidation sites excluding steroid dienone is 1. The topological polar surface area (TPSA) is 4.93 Å². The van der Waals surface area contributed by atoms with E-state index in [1.807, 2.05) is 14.0 Å². The van der Waals surface area contributed by atoms with Crippen LogP contribution < -0.4 is 0 Å². The number of benzene rings is 1. The lowest BCUT2D eigenvalue weighted by Gasteiger charge is -1.98. The second-order valence-corrected chi connectivity index (χ2v) is 3.55. The minimum atomic E-state index is 1.12. The SMILES string of the molecule is C=C(C)c1ccc2cn(C)cc2c1. The number of hydrogen-bond acceptors (Lipinski definition) is 0. The van der Waals surface area contributed by atoms with Crippen molar-refractivity contribution in [1.29, 1.82) is 0 Å². The molecule has 0 bridgehead atoms. The Labute approximate surface area is 78.3 Å². The number of nitrogens with zero attached hydrogens (tertiary/aromatic N) is 1. The zero-order chi connectivity index (χ0) is 9.42. The van der Waals surface area contributed by atoms with Crippen LogP contribution in [0.25, 0.3) is 16.3 Å². The molecule has 0 aliphatic carbocycles. The normalized spacial score (nSPS) is 10.6. The molecule has 2 rings (SSSR count).